The van der Waals surface area contributed by atoms with E-state index in [0.717, 1.165) is 22.5 Å². The molecule has 6 atom stereocenters. The van der Waals surface area contributed by atoms with Crippen LogP contribution in [0.25, 0.3) is 0 Å². The second-order valence-electron chi connectivity index (χ2n) is 10.6. The summed E-state index contributed by atoms with van der Waals surface area (Å²) in [7, 11) is 1.36. The predicted octanol–water partition coefficient (Wildman–Crippen LogP) is 4.15. The van der Waals surface area contributed by atoms with Crippen molar-refractivity contribution in [3.8, 4) is 5.75 Å². The minimum atomic E-state index is -1.83. The van der Waals surface area contributed by atoms with Gasteiger partial charge >= 0.3 is 0 Å². The molecular weight excluding hydrogens is 527 g/mol. The number of carbonyl (C=O) groups excluding carboxylic acids is 4. The minimum Gasteiger partial charge on any atom is -0.508 e. The van der Waals surface area contributed by atoms with Gasteiger partial charge in [-0.15, -0.1) is 23.2 Å². The van der Waals surface area contributed by atoms with Gasteiger partial charge in [-0.05, 0) is 60.6 Å². The highest BCUT2D eigenvalue weighted by atomic mass is 35.5. The predicted molar refractivity (Wildman–Crippen MR) is 142 cm³/mol. The molecule has 2 aliphatic heterocycles. The molecule has 6 rings (SSSR count). The smallest absolute Gasteiger partial charge is 0.253 e. The molecule has 2 heterocycles. The molecule has 2 saturated heterocycles. The molecule has 196 valence electrons. The van der Waals surface area contributed by atoms with Gasteiger partial charge < -0.3 is 5.11 Å². The van der Waals surface area contributed by atoms with E-state index in [9.17, 15) is 24.3 Å². The van der Waals surface area contributed by atoms with Crippen LogP contribution in [-0.2, 0) is 25.6 Å². The Morgan fingerprint density at radius 2 is 1.58 bits per heavy atom. The van der Waals surface area contributed by atoms with Gasteiger partial charge in [0.15, 0.2) is 9.75 Å². The van der Waals surface area contributed by atoms with Crippen LogP contribution in [0, 0.1) is 17.8 Å². The molecule has 0 spiro atoms. The molecule has 3 fully saturated rings. The number of hydrogen-bond donors (Lipinski definition) is 1. The highest BCUT2D eigenvalue weighted by Crippen LogP contribution is 2.65. The number of allylic oxidation sites excluding steroid dienone is 2. The second kappa shape index (κ2) is 8.42. The molecule has 4 amide bonds. The maximum atomic E-state index is 13.9. The van der Waals surface area contributed by atoms with Crippen molar-refractivity contribution in [1.82, 2.24) is 4.90 Å². The lowest BCUT2D eigenvalue weighted by molar-refractivity contribution is -0.138. The molecule has 4 aliphatic rings. The van der Waals surface area contributed by atoms with E-state index in [-0.39, 0.29) is 24.0 Å². The SMILES string of the molecule is CCc1ccc(N2C(=O)C3CC=C4C(CC5(Cl)C(=O)N(C)C(=O)C5(Cl)C4c4ccc(O)cc4)C3C2=O)cc1. The Kier molecular flexibility index (Phi) is 5.57. The van der Waals surface area contributed by atoms with E-state index in [2.05, 4.69) is 0 Å². The fourth-order valence-corrected chi connectivity index (χ4v) is 7.94. The normalized spacial score (nSPS) is 34.3. The van der Waals surface area contributed by atoms with Gasteiger partial charge in [-0.25, -0.2) is 0 Å². The highest BCUT2D eigenvalue weighted by molar-refractivity contribution is 6.53. The fraction of sp³-hybridized carbons (Fsp3) is 0.379. The third-order valence-corrected chi connectivity index (χ3v) is 10.3. The number of aromatic hydroxyl groups is 1. The van der Waals surface area contributed by atoms with Crippen molar-refractivity contribution in [3.05, 3.63) is 71.3 Å². The summed E-state index contributed by atoms with van der Waals surface area (Å²) in [6.45, 7) is 2.03. The van der Waals surface area contributed by atoms with Crippen molar-refractivity contribution in [2.24, 2.45) is 17.8 Å². The number of anilines is 1. The number of rotatable bonds is 3. The van der Waals surface area contributed by atoms with E-state index in [1.807, 2.05) is 25.1 Å². The van der Waals surface area contributed by atoms with Crippen molar-refractivity contribution in [3.63, 3.8) is 0 Å². The molecule has 9 heteroatoms. The maximum Gasteiger partial charge on any atom is 0.253 e. The number of amides is 4. The third-order valence-electron chi connectivity index (χ3n) is 8.84. The van der Waals surface area contributed by atoms with E-state index >= 15 is 0 Å². The Morgan fingerprint density at radius 1 is 0.921 bits per heavy atom. The molecule has 0 aromatic heterocycles. The van der Waals surface area contributed by atoms with Crippen molar-refractivity contribution in [2.45, 2.75) is 41.9 Å². The molecule has 0 bridgehead atoms. The summed E-state index contributed by atoms with van der Waals surface area (Å²) in [5.74, 6) is -4.55. The first kappa shape index (κ1) is 25.1. The van der Waals surface area contributed by atoms with Crippen LogP contribution in [-0.4, -0.2) is 50.4 Å². The number of benzene rings is 2. The van der Waals surface area contributed by atoms with Gasteiger partial charge in [-0.2, -0.15) is 0 Å². The minimum absolute atomic E-state index is 0.0341. The number of likely N-dealkylation sites (tertiary alicyclic amines) is 1. The number of phenols is 1. The lowest BCUT2D eigenvalue weighted by Gasteiger charge is -2.50. The van der Waals surface area contributed by atoms with Crippen LogP contribution in [0.2, 0.25) is 0 Å². The molecule has 1 saturated carbocycles. The fourth-order valence-electron chi connectivity index (χ4n) is 6.92. The van der Waals surface area contributed by atoms with Crippen molar-refractivity contribution in [2.75, 3.05) is 11.9 Å². The molecule has 38 heavy (non-hydrogen) atoms. The number of halogens is 2. The molecule has 2 aliphatic carbocycles. The van der Waals surface area contributed by atoms with Crippen molar-refractivity contribution < 1.29 is 24.3 Å². The molecule has 2 aromatic rings. The number of carbonyl (C=O) groups is 4. The number of hydrogen-bond acceptors (Lipinski definition) is 5. The summed E-state index contributed by atoms with van der Waals surface area (Å²) in [5, 5.41) is 9.89. The standard InChI is InChI=1S/C29H26Cl2N2O5/c1-3-15-4-8-17(9-5-15)33-24(35)20-13-12-19-21(22(20)25(33)36)14-28(30)26(37)32(2)27(38)29(28,31)23(19)16-6-10-18(34)11-7-16/h4-12,20-23,34H,3,13-14H2,1-2H3. The van der Waals surface area contributed by atoms with Crippen molar-refractivity contribution >= 4 is 52.5 Å². The summed E-state index contributed by atoms with van der Waals surface area (Å²) in [6.07, 6.45) is 2.99. The van der Waals surface area contributed by atoms with E-state index < -0.39 is 45.2 Å². The molecule has 6 unspecified atom stereocenters. The zero-order valence-electron chi connectivity index (χ0n) is 20.9. The number of aryl methyl sites for hydroxylation is 1. The zero-order chi connectivity index (χ0) is 27.1. The zero-order valence-corrected chi connectivity index (χ0v) is 22.4. The first-order chi connectivity index (χ1) is 18.0. The Labute approximate surface area is 230 Å². The summed E-state index contributed by atoms with van der Waals surface area (Å²) < 4.78 is 0. The van der Waals surface area contributed by atoms with Gasteiger partial charge in [-0.3, -0.25) is 29.0 Å². The molecule has 7 nitrogen and oxygen atoms in total. The lowest BCUT2D eigenvalue weighted by Crippen LogP contribution is -2.60. The lowest BCUT2D eigenvalue weighted by atomic mass is 9.56. The third kappa shape index (κ3) is 3.09. The monoisotopic (exact) mass is 552 g/mol. The van der Waals surface area contributed by atoms with Gasteiger partial charge in [0.2, 0.25) is 11.8 Å². The molecular formula is C29H26Cl2N2O5. The maximum absolute atomic E-state index is 13.9. The van der Waals surface area contributed by atoms with E-state index in [0.29, 0.717) is 17.7 Å². The quantitative estimate of drug-likeness (QED) is 0.350. The number of fused-ring (bicyclic) bond motifs is 4. The summed E-state index contributed by atoms with van der Waals surface area (Å²) >= 11 is 14.2. The Bertz CT molecular complexity index is 1420. The van der Waals surface area contributed by atoms with E-state index in [4.69, 9.17) is 23.2 Å². The Morgan fingerprint density at radius 3 is 2.21 bits per heavy atom. The second-order valence-corrected chi connectivity index (χ2v) is 11.9. The van der Waals surface area contributed by atoms with Gasteiger partial charge in [0.05, 0.1) is 17.5 Å². The van der Waals surface area contributed by atoms with Gasteiger partial charge in [0, 0.05) is 13.0 Å². The number of nitrogens with zero attached hydrogens (tertiary/aromatic N) is 2. The van der Waals surface area contributed by atoms with Crippen LogP contribution in [0.5, 0.6) is 5.75 Å². The van der Waals surface area contributed by atoms with Crippen molar-refractivity contribution in [1.29, 1.82) is 0 Å². The largest absolute Gasteiger partial charge is 0.508 e. The topological polar surface area (TPSA) is 95.0 Å². The number of imide groups is 2. The molecule has 0 radical (unpaired) electrons. The Hall–Kier alpha value is -3.16. The van der Waals surface area contributed by atoms with E-state index in [1.165, 1.54) is 24.1 Å². The van der Waals surface area contributed by atoms with Crippen LogP contribution in [0.15, 0.2) is 60.2 Å². The molecule has 2 aromatic carbocycles. The van der Waals surface area contributed by atoms with Crippen LogP contribution in [0.3, 0.4) is 0 Å². The highest BCUT2D eigenvalue weighted by Gasteiger charge is 2.75. The summed E-state index contributed by atoms with van der Waals surface area (Å²) in [6, 6.07) is 13.6. The van der Waals surface area contributed by atoms with Gasteiger partial charge in [0.1, 0.15) is 5.75 Å². The average Bonchev–Trinajstić information content (AvgIpc) is 3.24. The number of alkyl halides is 2. The Balaban J connectivity index is 1.48. The van der Waals surface area contributed by atoms with Gasteiger partial charge in [-0.1, -0.05) is 42.8 Å². The van der Waals surface area contributed by atoms with Crippen LogP contribution < -0.4 is 4.90 Å². The van der Waals surface area contributed by atoms with Crippen LogP contribution in [0.4, 0.5) is 5.69 Å². The first-order valence-corrected chi connectivity index (χ1v) is 13.5. The van der Waals surface area contributed by atoms with Gasteiger partial charge in [0.25, 0.3) is 11.8 Å². The number of phenolic OH excluding ortho intramolecular Hbond substituents is 1. The van der Waals surface area contributed by atoms with Crippen LogP contribution >= 0.6 is 23.2 Å². The molecule has 1 N–H and O–H groups in total. The van der Waals surface area contributed by atoms with Crippen LogP contribution in [0.1, 0.15) is 36.8 Å². The summed E-state index contributed by atoms with van der Waals surface area (Å²) in [4.78, 5) is 53.0. The summed E-state index contributed by atoms with van der Waals surface area (Å²) in [5.41, 5.74) is 2.92. The van der Waals surface area contributed by atoms with E-state index in [1.54, 1.807) is 24.3 Å². The average molecular weight is 553 g/mol. The first-order valence-electron chi connectivity index (χ1n) is 12.7.